The number of aliphatic hydroxyl groups excluding tert-OH is 3. The molecular weight excluding hydrogens is 322 g/mol. The molecule has 0 saturated heterocycles. The smallest absolute Gasteiger partial charge is 0.271 e. The van der Waals surface area contributed by atoms with E-state index in [0.717, 1.165) is 0 Å². The number of amides is 1. The highest BCUT2D eigenvalue weighted by Crippen LogP contribution is 2.35. The van der Waals surface area contributed by atoms with Crippen LogP contribution in [-0.4, -0.2) is 50.8 Å². The zero-order chi connectivity index (χ0) is 18.0. The molecule has 1 aliphatic heterocycles. The second kappa shape index (κ2) is 6.97. The number of nitrogens with one attached hydrogen (secondary N) is 3. The van der Waals surface area contributed by atoms with Crippen LogP contribution >= 0.6 is 0 Å². The number of anilines is 2. The van der Waals surface area contributed by atoms with E-state index >= 15 is 0 Å². The van der Waals surface area contributed by atoms with Gasteiger partial charge >= 0.3 is 0 Å². The summed E-state index contributed by atoms with van der Waals surface area (Å²) in [6.45, 7) is 1.24. The number of carbonyl (C=O) groups is 1. The molecule has 0 spiro atoms. The molecule has 132 valence electrons. The van der Waals surface area contributed by atoms with Crippen LogP contribution in [0.2, 0.25) is 0 Å². The van der Waals surface area contributed by atoms with Crippen molar-refractivity contribution in [3.8, 4) is 0 Å². The number of hydrogen-bond acceptors (Lipinski definition) is 9. The van der Waals surface area contributed by atoms with Gasteiger partial charge in [0.05, 0.1) is 22.4 Å². The van der Waals surface area contributed by atoms with Gasteiger partial charge in [0.2, 0.25) is 5.91 Å². The van der Waals surface area contributed by atoms with Crippen LogP contribution < -0.4 is 21.7 Å². The third kappa shape index (κ3) is 3.71. The van der Waals surface area contributed by atoms with Crippen LogP contribution in [0.3, 0.4) is 0 Å². The highest BCUT2D eigenvalue weighted by molar-refractivity contribution is 5.83. The number of rotatable bonds is 5. The molecular formula is C13H19N5O6. The summed E-state index contributed by atoms with van der Waals surface area (Å²) in [6.07, 6.45) is -3.72. The Morgan fingerprint density at radius 3 is 2.62 bits per heavy atom. The molecule has 4 atom stereocenters. The van der Waals surface area contributed by atoms with Gasteiger partial charge in [-0.1, -0.05) is 0 Å². The largest absolute Gasteiger partial charge is 0.391 e. The molecule has 0 saturated carbocycles. The summed E-state index contributed by atoms with van der Waals surface area (Å²) >= 11 is 0. The molecule has 0 fully saturated rings. The predicted octanol–water partition coefficient (Wildman–Crippen LogP) is -1.61. The van der Waals surface area contributed by atoms with Crippen molar-refractivity contribution < 1.29 is 25.0 Å². The van der Waals surface area contributed by atoms with E-state index in [1.165, 1.54) is 19.1 Å². The lowest BCUT2D eigenvalue weighted by Crippen LogP contribution is -2.47. The first-order valence-corrected chi connectivity index (χ1v) is 7.12. The van der Waals surface area contributed by atoms with E-state index in [9.17, 15) is 30.2 Å². The van der Waals surface area contributed by atoms with E-state index < -0.39 is 35.4 Å². The minimum Gasteiger partial charge on any atom is -0.391 e. The minimum atomic E-state index is -1.34. The first-order valence-electron chi connectivity index (χ1n) is 7.12. The summed E-state index contributed by atoms with van der Waals surface area (Å²) in [5.74, 6) is -0.630. The average Bonchev–Trinajstić information content (AvgIpc) is 2.52. The summed E-state index contributed by atoms with van der Waals surface area (Å²) in [6, 6.07) is 1.29. The number of benzene rings is 1. The average molecular weight is 341 g/mol. The van der Waals surface area contributed by atoms with Crippen LogP contribution in [0, 0.1) is 10.1 Å². The van der Waals surface area contributed by atoms with Crippen LogP contribution in [0.4, 0.5) is 17.1 Å². The SMILES string of the molecule is CC(O)C(N)C(=O)NCc1cc([N+](=O)[O-])cc2c1NC(O)C(O)N2. The van der Waals surface area contributed by atoms with Crippen LogP contribution in [0.5, 0.6) is 0 Å². The Hall–Kier alpha value is -2.47. The summed E-state index contributed by atoms with van der Waals surface area (Å²) in [5, 5.41) is 47.2. The van der Waals surface area contributed by atoms with Gasteiger partial charge in [0.1, 0.15) is 6.04 Å². The highest BCUT2D eigenvalue weighted by Gasteiger charge is 2.28. The first-order chi connectivity index (χ1) is 11.2. The number of hydrogen-bond donors (Lipinski definition) is 7. The van der Waals surface area contributed by atoms with E-state index in [0.29, 0.717) is 11.3 Å². The molecule has 0 aromatic heterocycles. The quantitative estimate of drug-likeness (QED) is 0.245. The van der Waals surface area contributed by atoms with E-state index in [4.69, 9.17) is 5.73 Å². The van der Waals surface area contributed by atoms with E-state index in [1.54, 1.807) is 0 Å². The Kier molecular flexibility index (Phi) is 5.19. The lowest BCUT2D eigenvalue weighted by atomic mass is 10.1. The molecule has 0 bridgehead atoms. The monoisotopic (exact) mass is 341 g/mol. The number of nitro groups is 1. The number of fused-ring (bicyclic) bond motifs is 1. The molecule has 8 N–H and O–H groups in total. The zero-order valence-electron chi connectivity index (χ0n) is 12.8. The predicted molar refractivity (Wildman–Crippen MR) is 83.9 cm³/mol. The normalized spacial score (nSPS) is 21.7. The van der Waals surface area contributed by atoms with Crippen LogP contribution in [0.1, 0.15) is 12.5 Å². The fourth-order valence-corrected chi connectivity index (χ4v) is 2.20. The van der Waals surface area contributed by atoms with Gasteiger partial charge < -0.3 is 37.0 Å². The van der Waals surface area contributed by atoms with Crippen molar-refractivity contribution in [1.29, 1.82) is 0 Å². The van der Waals surface area contributed by atoms with Gasteiger partial charge in [-0.25, -0.2) is 0 Å². The molecule has 4 unspecified atom stereocenters. The second-order valence-corrected chi connectivity index (χ2v) is 5.45. The van der Waals surface area contributed by atoms with E-state index in [2.05, 4.69) is 16.0 Å². The molecule has 1 aromatic carbocycles. The Bertz CT molecular complexity index is 652. The number of carbonyl (C=O) groups excluding carboxylic acids is 1. The number of aliphatic hydroxyl groups is 3. The van der Waals surface area contributed by atoms with Crippen molar-refractivity contribution in [2.24, 2.45) is 5.73 Å². The molecule has 0 aliphatic carbocycles. The van der Waals surface area contributed by atoms with Gasteiger partial charge in [0.25, 0.3) is 5.69 Å². The Morgan fingerprint density at radius 1 is 1.42 bits per heavy atom. The van der Waals surface area contributed by atoms with Gasteiger partial charge in [-0.3, -0.25) is 14.9 Å². The molecule has 2 rings (SSSR count). The Balaban J connectivity index is 2.28. The summed E-state index contributed by atoms with van der Waals surface area (Å²) in [5.41, 5.74) is 6.09. The van der Waals surface area contributed by atoms with Gasteiger partial charge in [-0.2, -0.15) is 0 Å². The fraction of sp³-hybridized carbons (Fsp3) is 0.462. The zero-order valence-corrected chi connectivity index (χ0v) is 12.8. The second-order valence-electron chi connectivity index (χ2n) is 5.45. The number of non-ortho nitro benzene ring substituents is 1. The van der Waals surface area contributed by atoms with Crippen molar-refractivity contribution in [2.75, 3.05) is 10.6 Å². The Morgan fingerprint density at radius 2 is 2.04 bits per heavy atom. The standard InChI is InChI=1S/C13H19N5O6/c1-5(19)9(14)11(20)15-4-6-2-7(18(23)24)3-8-10(6)17-13(22)12(21)16-8/h2-3,5,9,12-13,16-17,19,21-22H,4,14H2,1H3,(H,15,20). The molecule has 0 radical (unpaired) electrons. The van der Waals surface area contributed by atoms with Crippen molar-refractivity contribution in [1.82, 2.24) is 5.32 Å². The Labute approximate surface area is 136 Å². The lowest BCUT2D eigenvalue weighted by Gasteiger charge is -2.31. The molecule has 1 aromatic rings. The molecule has 24 heavy (non-hydrogen) atoms. The first kappa shape index (κ1) is 17.9. The van der Waals surface area contributed by atoms with Crippen LogP contribution in [0.25, 0.3) is 0 Å². The molecule has 1 heterocycles. The summed E-state index contributed by atoms with van der Waals surface area (Å²) in [7, 11) is 0. The maximum Gasteiger partial charge on any atom is 0.271 e. The number of nitrogens with two attached hydrogens (primary N) is 1. The molecule has 1 aliphatic rings. The van der Waals surface area contributed by atoms with E-state index in [1.807, 2.05) is 0 Å². The van der Waals surface area contributed by atoms with Crippen molar-refractivity contribution >= 4 is 23.0 Å². The number of nitrogens with zero attached hydrogens (tertiary/aromatic N) is 1. The third-order valence-electron chi connectivity index (χ3n) is 3.59. The molecule has 11 heteroatoms. The highest BCUT2D eigenvalue weighted by atomic mass is 16.6. The van der Waals surface area contributed by atoms with Crippen molar-refractivity contribution in [3.63, 3.8) is 0 Å². The van der Waals surface area contributed by atoms with Gasteiger partial charge in [0, 0.05) is 24.2 Å². The third-order valence-corrected chi connectivity index (χ3v) is 3.59. The molecule has 11 nitrogen and oxygen atoms in total. The van der Waals surface area contributed by atoms with Gasteiger partial charge in [0.15, 0.2) is 12.5 Å². The number of nitro benzene ring substituents is 1. The topological polar surface area (TPSA) is 183 Å². The maximum atomic E-state index is 11.8. The van der Waals surface area contributed by atoms with Crippen molar-refractivity contribution in [3.05, 3.63) is 27.8 Å². The molecule has 1 amide bonds. The van der Waals surface area contributed by atoms with Gasteiger partial charge in [-0.15, -0.1) is 0 Å². The lowest BCUT2D eigenvalue weighted by molar-refractivity contribution is -0.384. The summed E-state index contributed by atoms with van der Waals surface area (Å²) in [4.78, 5) is 22.2. The maximum absolute atomic E-state index is 11.8. The van der Waals surface area contributed by atoms with E-state index in [-0.39, 0.29) is 17.9 Å². The fourth-order valence-electron chi connectivity index (χ4n) is 2.20. The van der Waals surface area contributed by atoms with Crippen molar-refractivity contribution in [2.45, 2.75) is 38.1 Å². The summed E-state index contributed by atoms with van der Waals surface area (Å²) < 4.78 is 0. The van der Waals surface area contributed by atoms with Crippen LogP contribution in [-0.2, 0) is 11.3 Å². The minimum absolute atomic E-state index is 0.124. The van der Waals surface area contributed by atoms with Gasteiger partial charge in [-0.05, 0) is 6.92 Å². The van der Waals surface area contributed by atoms with Crippen LogP contribution in [0.15, 0.2) is 12.1 Å².